The zero-order chi connectivity index (χ0) is 12.1. The second-order valence-electron chi connectivity index (χ2n) is 3.66. The molecule has 2 aromatic rings. The number of aromatic nitrogens is 1. The Hall–Kier alpha value is -1.99. The van der Waals surface area contributed by atoms with Crippen LogP contribution in [0.2, 0.25) is 0 Å². The molecule has 4 heteroatoms. The van der Waals surface area contributed by atoms with Crippen LogP contribution in [0.25, 0.3) is 0 Å². The van der Waals surface area contributed by atoms with E-state index in [1.165, 1.54) is 0 Å². The minimum Gasteiger partial charge on any atom is -0.287 e. The zero-order valence-corrected chi connectivity index (χ0v) is 11.3. The SMILES string of the molecule is Br.N#Cc1cc[n+](CC(=O)c2ccccc2)cc1. The van der Waals surface area contributed by atoms with Gasteiger partial charge in [-0.2, -0.15) is 9.83 Å². The first-order valence-electron chi connectivity index (χ1n) is 5.27. The Bertz CT molecular complexity index is 559. The van der Waals surface area contributed by atoms with Crippen LogP contribution in [-0.4, -0.2) is 5.78 Å². The Labute approximate surface area is 116 Å². The third-order valence-electron chi connectivity index (χ3n) is 2.44. The van der Waals surface area contributed by atoms with Crippen molar-refractivity contribution in [1.29, 1.82) is 5.26 Å². The lowest BCUT2D eigenvalue weighted by Crippen LogP contribution is -2.37. The molecular weight excluding hydrogens is 292 g/mol. The first-order valence-corrected chi connectivity index (χ1v) is 5.27. The van der Waals surface area contributed by atoms with Crippen molar-refractivity contribution < 1.29 is 9.36 Å². The monoisotopic (exact) mass is 303 g/mol. The van der Waals surface area contributed by atoms with Crippen LogP contribution < -0.4 is 4.57 Å². The number of nitrogens with zero attached hydrogens (tertiary/aromatic N) is 2. The van der Waals surface area contributed by atoms with Crippen LogP contribution >= 0.6 is 17.0 Å². The molecule has 0 radical (unpaired) electrons. The maximum absolute atomic E-state index is 11.9. The fourth-order valence-corrected chi connectivity index (χ4v) is 1.52. The number of carbonyl (C=O) groups excluding carboxylic acids is 1. The Balaban J connectivity index is 0.00000162. The van der Waals surface area contributed by atoms with E-state index in [9.17, 15) is 4.79 Å². The molecule has 0 amide bonds. The molecule has 1 aromatic carbocycles. The van der Waals surface area contributed by atoms with Crippen LogP contribution in [0.5, 0.6) is 0 Å². The highest BCUT2D eigenvalue weighted by atomic mass is 79.9. The lowest BCUT2D eigenvalue weighted by molar-refractivity contribution is -0.683. The van der Waals surface area contributed by atoms with Gasteiger partial charge in [0.25, 0.3) is 0 Å². The fraction of sp³-hybridized carbons (Fsp3) is 0.0714. The van der Waals surface area contributed by atoms with Gasteiger partial charge < -0.3 is 0 Å². The predicted molar refractivity (Wildman–Crippen MR) is 72.4 cm³/mol. The van der Waals surface area contributed by atoms with E-state index >= 15 is 0 Å². The Morgan fingerprint density at radius 2 is 1.72 bits per heavy atom. The molecule has 0 N–H and O–H groups in total. The van der Waals surface area contributed by atoms with Gasteiger partial charge in [-0.1, -0.05) is 30.3 Å². The van der Waals surface area contributed by atoms with Crippen LogP contribution in [-0.2, 0) is 6.54 Å². The van der Waals surface area contributed by atoms with E-state index in [0.717, 1.165) is 0 Å². The topological polar surface area (TPSA) is 44.7 Å². The lowest BCUT2D eigenvalue weighted by Gasteiger charge is -1.97. The number of Topliss-reactive ketones (excluding diaryl/α,β-unsaturated/α-hetero) is 1. The maximum Gasteiger partial charge on any atom is 0.227 e. The summed E-state index contributed by atoms with van der Waals surface area (Å²) in [5, 5.41) is 8.66. The van der Waals surface area contributed by atoms with Gasteiger partial charge in [-0.15, -0.1) is 17.0 Å². The lowest BCUT2D eigenvalue weighted by atomic mass is 10.1. The van der Waals surface area contributed by atoms with E-state index in [2.05, 4.69) is 0 Å². The van der Waals surface area contributed by atoms with E-state index < -0.39 is 0 Å². The van der Waals surface area contributed by atoms with Gasteiger partial charge in [0.05, 0.1) is 11.6 Å². The highest BCUT2D eigenvalue weighted by Gasteiger charge is 2.11. The third-order valence-corrected chi connectivity index (χ3v) is 2.44. The van der Waals surface area contributed by atoms with Crippen molar-refractivity contribution >= 4 is 22.8 Å². The van der Waals surface area contributed by atoms with E-state index in [1.807, 2.05) is 24.3 Å². The number of nitriles is 1. The normalized spacial score (nSPS) is 9.06. The van der Waals surface area contributed by atoms with Crippen molar-refractivity contribution in [3.8, 4) is 6.07 Å². The second kappa shape index (κ2) is 6.67. The van der Waals surface area contributed by atoms with E-state index in [-0.39, 0.29) is 29.3 Å². The first-order chi connectivity index (χ1) is 8.29. The van der Waals surface area contributed by atoms with Gasteiger partial charge in [-0.25, -0.2) is 0 Å². The van der Waals surface area contributed by atoms with Gasteiger partial charge in [-0.3, -0.25) is 4.79 Å². The number of hydrogen-bond acceptors (Lipinski definition) is 2. The van der Waals surface area contributed by atoms with Gasteiger partial charge in [0.15, 0.2) is 12.4 Å². The van der Waals surface area contributed by atoms with Crippen molar-refractivity contribution in [3.63, 3.8) is 0 Å². The zero-order valence-electron chi connectivity index (χ0n) is 9.61. The Morgan fingerprint density at radius 3 is 2.28 bits per heavy atom. The van der Waals surface area contributed by atoms with Gasteiger partial charge >= 0.3 is 0 Å². The summed E-state index contributed by atoms with van der Waals surface area (Å²) in [5.74, 6) is 0.0558. The molecule has 0 saturated heterocycles. The summed E-state index contributed by atoms with van der Waals surface area (Å²) >= 11 is 0. The molecule has 0 bridgehead atoms. The van der Waals surface area contributed by atoms with Crippen LogP contribution in [0.15, 0.2) is 54.9 Å². The summed E-state index contributed by atoms with van der Waals surface area (Å²) in [6.07, 6.45) is 3.47. The number of ketones is 1. The average Bonchev–Trinajstić information content (AvgIpc) is 2.40. The quantitative estimate of drug-likeness (QED) is 0.645. The van der Waals surface area contributed by atoms with Crippen molar-refractivity contribution in [1.82, 2.24) is 0 Å². The van der Waals surface area contributed by atoms with Gasteiger partial charge in [0.2, 0.25) is 12.3 Å². The molecular formula is C14H12BrN2O+. The third kappa shape index (κ3) is 3.51. The standard InChI is InChI=1S/C14H11N2O.BrH/c15-10-12-6-8-16(9-7-12)11-14(17)13-4-2-1-3-5-13;/h1-9H,11H2;1H/q+1;. The molecule has 0 aliphatic heterocycles. The molecule has 0 saturated carbocycles. The van der Waals surface area contributed by atoms with Crippen LogP contribution in [0, 0.1) is 11.3 Å². The molecule has 18 heavy (non-hydrogen) atoms. The Kier molecular flexibility index (Phi) is 5.22. The van der Waals surface area contributed by atoms with Crippen molar-refractivity contribution in [2.45, 2.75) is 6.54 Å². The largest absolute Gasteiger partial charge is 0.287 e. The molecule has 0 aliphatic rings. The van der Waals surface area contributed by atoms with Gasteiger partial charge in [0, 0.05) is 17.7 Å². The second-order valence-corrected chi connectivity index (χ2v) is 3.66. The number of carbonyl (C=O) groups is 1. The Morgan fingerprint density at radius 1 is 1.11 bits per heavy atom. The molecule has 0 fully saturated rings. The minimum atomic E-state index is 0. The molecule has 0 atom stereocenters. The number of halogens is 1. The van der Waals surface area contributed by atoms with Gasteiger partial charge in [0.1, 0.15) is 0 Å². The van der Waals surface area contributed by atoms with E-state index in [1.54, 1.807) is 41.2 Å². The molecule has 1 aromatic heterocycles. The maximum atomic E-state index is 11.9. The summed E-state index contributed by atoms with van der Waals surface area (Å²) in [6.45, 7) is 0.287. The van der Waals surface area contributed by atoms with Crippen LogP contribution in [0.4, 0.5) is 0 Å². The smallest absolute Gasteiger partial charge is 0.227 e. The highest BCUT2D eigenvalue weighted by molar-refractivity contribution is 8.93. The summed E-state index contributed by atoms with van der Waals surface area (Å²) in [7, 11) is 0. The summed E-state index contributed by atoms with van der Waals surface area (Å²) < 4.78 is 1.76. The summed E-state index contributed by atoms with van der Waals surface area (Å²) in [6, 6.07) is 14.6. The molecule has 2 rings (SSSR count). The molecule has 3 nitrogen and oxygen atoms in total. The van der Waals surface area contributed by atoms with E-state index in [0.29, 0.717) is 11.1 Å². The van der Waals surface area contributed by atoms with Crippen molar-refractivity contribution in [2.24, 2.45) is 0 Å². The molecule has 0 aliphatic carbocycles. The molecule has 90 valence electrons. The number of hydrogen-bond donors (Lipinski definition) is 0. The van der Waals surface area contributed by atoms with Crippen LogP contribution in [0.1, 0.15) is 15.9 Å². The number of rotatable bonds is 3. The van der Waals surface area contributed by atoms with Gasteiger partial charge in [-0.05, 0) is 0 Å². The molecule has 1 heterocycles. The predicted octanol–water partition coefficient (Wildman–Crippen LogP) is 2.31. The summed E-state index contributed by atoms with van der Waals surface area (Å²) in [5.41, 5.74) is 1.29. The molecule has 0 spiro atoms. The van der Waals surface area contributed by atoms with Crippen molar-refractivity contribution in [3.05, 3.63) is 66.0 Å². The average molecular weight is 304 g/mol. The molecule has 0 unspecified atom stereocenters. The van der Waals surface area contributed by atoms with Crippen LogP contribution in [0.3, 0.4) is 0 Å². The number of pyridine rings is 1. The summed E-state index contributed by atoms with van der Waals surface area (Å²) in [4.78, 5) is 11.9. The fourth-order valence-electron chi connectivity index (χ4n) is 1.52. The number of benzene rings is 1. The van der Waals surface area contributed by atoms with Crippen molar-refractivity contribution in [2.75, 3.05) is 0 Å². The minimum absolute atomic E-state index is 0. The highest BCUT2D eigenvalue weighted by Crippen LogP contribution is 2.00. The van der Waals surface area contributed by atoms with E-state index in [4.69, 9.17) is 5.26 Å². The first kappa shape index (κ1) is 14.1.